The minimum absolute atomic E-state index is 0.0540. The van der Waals surface area contributed by atoms with Crippen LogP contribution in [0.4, 0.5) is 0 Å². The molecular formula is C39H34O8. The maximum Gasteiger partial charge on any atom is 0.338 e. The van der Waals surface area contributed by atoms with E-state index in [-0.39, 0.29) is 24.3 Å². The van der Waals surface area contributed by atoms with E-state index in [0.29, 0.717) is 5.75 Å². The molecule has 1 N–H and O–H groups in total. The minimum atomic E-state index is -1.42. The number of aliphatic hydroxyl groups excluding tert-OH is 1. The number of benzene rings is 5. The van der Waals surface area contributed by atoms with Gasteiger partial charge in [-0.25, -0.2) is 9.59 Å². The standard InChI is InChI=1S/C39H34O8/c40-34-33(26-43-25-27-13-5-1-6-14-27)45-39(44-32-23-21-29(22-24-32)28-15-7-2-8-16-28)36(47-38(42)31-19-11-4-12-20-31)35(34)46-37(41)30-17-9-3-10-18-30/h1-24,33-36,39-40H,25-26H2. The fourth-order valence-electron chi connectivity index (χ4n) is 5.27. The minimum Gasteiger partial charge on any atom is -0.461 e. The Labute approximate surface area is 273 Å². The first-order chi connectivity index (χ1) is 23.0. The van der Waals surface area contributed by atoms with Crippen LogP contribution in [0.5, 0.6) is 5.75 Å². The van der Waals surface area contributed by atoms with Crippen LogP contribution in [0.15, 0.2) is 146 Å². The van der Waals surface area contributed by atoms with Gasteiger partial charge in [-0.1, -0.05) is 109 Å². The number of aliphatic hydroxyl groups is 1. The van der Waals surface area contributed by atoms with Gasteiger partial charge in [0.1, 0.15) is 18.0 Å². The Morgan fingerprint density at radius 3 is 1.66 bits per heavy atom. The van der Waals surface area contributed by atoms with Gasteiger partial charge >= 0.3 is 11.9 Å². The van der Waals surface area contributed by atoms with Gasteiger partial charge in [0.05, 0.1) is 24.3 Å². The van der Waals surface area contributed by atoms with Gasteiger partial charge in [0.25, 0.3) is 0 Å². The van der Waals surface area contributed by atoms with Gasteiger partial charge < -0.3 is 28.8 Å². The van der Waals surface area contributed by atoms with E-state index in [1.165, 1.54) is 0 Å². The van der Waals surface area contributed by atoms with Crippen molar-refractivity contribution in [3.05, 3.63) is 162 Å². The highest BCUT2D eigenvalue weighted by molar-refractivity contribution is 5.90. The van der Waals surface area contributed by atoms with Crippen LogP contribution in [0.1, 0.15) is 26.3 Å². The van der Waals surface area contributed by atoms with E-state index in [2.05, 4.69) is 0 Å². The zero-order valence-electron chi connectivity index (χ0n) is 25.5. The van der Waals surface area contributed by atoms with Crippen molar-refractivity contribution in [3.8, 4) is 16.9 Å². The Morgan fingerprint density at radius 1 is 0.596 bits per heavy atom. The van der Waals surface area contributed by atoms with Crippen molar-refractivity contribution >= 4 is 11.9 Å². The Morgan fingerprint density at radius 2 is 1.09 bits per heavy atom. The van der Waals surface area contributed by atoms with Crippen molar-refractivity contribution in [2.24, 2.45) is 0 Å². The van der Waals surface area contributed by atoms with Crippen LogP contribution in [0.25, 0.3) is 11.1 Å². The normalized spacial score (nSPS) is 20.6. The summed E-state index contributed by atoms with van der Waals surface area (Å²) in [6.07, 6.45) is -6.39. The summed E-state index contributed by atoms with van der Waals surface area (Å²) < 4.78 is 30.3. The van der Waals surface area contributed by atoms with E-state index in [9.17, 15) is 14.7 Å². The highest BCUT2D eigenvalue weighted by Crippen LogP contribution is 2.31. The Kier molecular flexibility index (Phi) is 10.3. The quantitative estimate of drug-likeness (QED) is 0.166. The summed E-state index contributed by atoms with van der Waals surface area (Å²) in [7, 11) is 0. The molecule has 0 spiro atoms. The number of hydrogen-bond acceptors (Lipinski definition) is 8. The maximum atomic E-state index is 13.4. The zero-order chi connectivity index (χ0) is 32.4. The van der Waals surface area contributed by atoms with Crippen LogP contribution in [-0.4, -0.2) is 54.4 Å². The van der Waals surface area contributed by atoms with E-state index in [1.54, 1.807) is 72.8 Å². The first kappa shape index (κ1) is 31.7. The molecule has 0 aliphatic carbocycles. The number of esters is 2. The third-order valence-corrected chi connectivity index (χ3v) is 7.73. The van der Waals surface area contributed by atoms with Crippen LogP contribution in [0.2, 0.25) is 0 Å². The molecule has 5 aromatic rings. The molecule has 5 atom stereocenters. The second-order valence-electron chi connectivity index (χ2n) is 11.0. The molecular weight excluding hydrogens is 596 g/mol. The van der Waals surface area contributed by atoms with Gasteiger partial charge in [0, 0.05) is 0 Å². The molecule has 8 nitrogen and oxygen atoms in total. The number of carbonyl (C=O) groups is 2. The molecule has 8 heteroatoms. The smallest absolute Gasteiger partial charge is 0.338 e. The van der Waals surface area contributed by atoms with Crippen molar-refractivity contribution in [2.75, 3.05) is 6.61 Å². The summed E-state index contributed by atoms with van der Waals surface area (Å²) in [4.78, 5) is 26.7. The lowest BCUT2D eigenvalue weighted by Gasteiger charge is -2.43. The highest BCUT2D eigenvalue weighted by atomic mass is 16.7. The third-order valence-electron chi connectivity index (χ3n) is 7.73. The van der Waals surface area contributed by atoms with Gasteiger partial charge in [-0.05, 0) is 53.1 Å². The molecule has 0 radical (unpaired) electrons. The van der Waals surface area contributed by atoms with Crippen molar-refractivity contribution in [3.63, 3.8) is 0 Å². The number of hydrogen-bond donors (Lipinski definition) is 1. The average Bonchev–Trinajstić information content (AvgIpc) is 3.13. The number of carbonyl (C=O) groups excluding carboxylic acids is 2. The summed E-state index contributed by atoms with van der Waals surface area (Å²) in [6.45, 7) is 0.211. The first-order valence-electron chi connectivity index (χ1n) is 15.3. The Hall–Kier alpha value is -5.28. The lowest BCUT2D eigenvalue weighted by molar-refractivity contribution is -0.278. The van der Waals surface area contributed by atoms with Gasteiger partial charge in [-0.15, -0.1) is 0 Å². The monoisotopic (exact) mass is 630 g/mol. The lowest BCUT2D eigenvalue weighted by atomic mass is 9.98. The molecule has 1 aliphatic heterocycles. The molecule has 0 bridgehead atoms. The van der Waals surface area contributed by atoms with Crippen molar-refractivity contribution < 1.29 is 38.4 Å². The van der Waals surface area contributed by atoms with Gasteiger partial charge in [-0.2, -0.15) is 0 Å². The van der Waals surface area contributed by atoms with Crippen LogP contribution < -0.4 is 4.74 Å². The number of rotatable bonds is 11. The third kappa shape index (κ3) is 8.12. The summed E-state index contributed by atoms with van der Waals surface area (Å²) in [5.41, 5.74) is 3.49. The predicted octanol–water partition coefficient (Wildman–Crippen LogP) is 6.49. The SMILES string of the molecule is O=C(OC1C(Oc2ccc(-c3ccccc3)cc2)OC(COCc2ccccc2)C(O)C1OC(=O)c1ccccc1)c1ccccc1. The maximum absolute atomic E-state index is 13.4. The predicted molar refractivity (Wildman–Crippen MR) is 175 cm³/mol. The summed E-state index contributed by atoms with van der Waals surface area (Å²) in [5.74, 6) is -0.977. The first-order valence-corrected chi connectivity index (χ1v) is 15.3. The lowest BCUT2D eigenvalue weighted by Crippen LogP contribution is -2.62. The Balaban J connectivity index is 1.29. The molecule has 238 valence electrons. The molecule has 47 heavy (non-hydrogen) atoms. The van der Waals surface area contributed by atoms with Gasteiger partial charge in [0.15, 0.2) is 6.10 Å². The molecule has 0 aromatic heterocycles. The largest absolute Gasteiger partial charge is 0.461 e. The second-order valence-corrected chi connectivity index (χ2v) is 11.0. The van der Waals surface area contributed by atoms with Crippen molar-refractivity contribution in [1.29, 1.82) is 0 Å². The average molecular weight is 631 g/mol. The fourth-order valence-corrected chi connectivity index (χ4v) is 5.27. The van der Waals surface area contributed by atoms with Gasteiger partial charge in [-0.3, -0.25) is 0 Å². The van der Waals surface area contributed by atoms with E-state index >= 15 is 0 Å². The van der Waals surface area contributed by atoms with E-state index in [1.807, 2.05) is 72.8 Å². The van der Waals surface area contributed by atoms with E-state index < -0.39 is 42.6 Å². The van der Waals surface area contributed by atoms with E-state index in [0.717, 1.165) is 16.7 Å². The summed E-state index contributed by atoms with van der Waals surface area (Å²) >= 11 is 0. The molecule has 0 amide bonds. The highest BCUT2D eigenvalue weighted by Gasteiger charge is 2.51. The number of ether oxygens (including phenoxy) is 5. The molecule has 1 fully saturated rings. The zero-order valence-corrected chi connectivity index (χ0v) is 25.5. The van der Waals surface area contributed by atoms with Crippen molar-refractivity contribution in [1.82, 2.24) is 0 Å². The van der Waals surface area contributed by atoms with E-state index in [4.69, 9.17) is 23.7 Å². The molecule has 6 rings (SSSR count). The van der Waals surface area contributed by atoms with Crippen LogP contribution in [0, 0.1) is 0 Å². The molecule has 5 unspecified atom stereocenters. The van der Waals surface area contributed by atoms with Crippen LogP contribution >= 0.6 is 0 Å². The summed E-state index contributed by atoms with van der Waals surface area (Å²) in [6, 6.07) is 43.6. The van der Waals surface area contributed by atoms with Crippen molar-refractivity contribution in [2.45, 2.75) is 37.3 Å². The van der Waals surface area contributed by atoms with Gasteiger partial charge in [0.2, 0.25) is 12.4 Å². The molecule has 1 saturated heterocycles. The van der Waals surface area contributed by atoms with Crippen LogP contribution in [0.3, 0.4) is 0 Å². The molecule has 1 aliphatic rings. The van der Waals surface area contributed by atoms with Crippen LogP contribution in [-0.2, 0) is 25.6 Å². The topological polar surface area (TPSA) is 101 Å². The molecule has 0 saturated carbocycles. The molecule has 1 heterocycles. The Bertz CT molecular complexity index is 1710. The second kappa shape index (κ2) is 15.3. The summed E-state index contributed by atoms with van der Waals surface area (Å²) in [5, 5.41) is 11.6. The fraction of sp³-hybridized carbons (Fsp3) is 0.179. The molecule has 5 aromatic carbocycles.